The molecule has 0 aliphatic heterocycles. The van der Waals surface area contributed by atoms with Crippen molar-refractivity contribution in [3.8, 4) is 11.1 Å². The first-order valence-electron chi connectivity index (χ1n) is 11.4. The Morgan fingerprint density at radius 3 is 2.31 bits per heavy atom. The van der Waals surface area contributed by atoms with E-state index in [0.29, 0.717) is 17.8 Å². The number of fused-ring (bicyclic) bond motifs is 3. The molecule has 9 heteroatoms. The summed E-state index contributed by atoms with van der Waals surface area (Å²) < 4.78 is 5.59. The number of alkyl carbamates (subject to hydrolysis) is 1. The predicted molar refractivity (Wildman–Crippen MR) is 130 cm³/mol. The maximum absolute atomic E-state index is 12.7. The van der Waals surface area contributed by atoms with Gasteiger partial charge in [0.15, 0.2) is 0 Å². The van der Waals surface area contributed by atoms with Crippen LogP contribution < -0.4 is 5.32 Å². The Morgan fingerprint density at radius 1 is 1.14 bits per heavy atom. The highest BCUT2D eigenvalue weighted by molar-refractivity contribution is 7.09. The van der Waals surface area contributed by atoms with Crippen LogP contribution in [0.1, 0.15) is 58.3 Å². The SMILES string of the molecule is CC(NC(=O)OCC1c2ccccc2-c2ccccc21)c1nc(C(=O)N(C)C2(C(=O)O)CC2)cs1. The van der Waals surface area contributed by atoms with E-state index in [0.717, 1.165) is 22.3 Å². The number of carboxylic acid groups (broad SMARTS) is 1. The van der Waals surface area contributed by atoms with Gasteiger partial charge in [-0.2, -0.15) is 0 Å². The van der Waals surface area contributed by atoms with Gasteiger partial charge in [-0.3, -0.25) is 4.79 Å². The molecule has 180 valence electrons. The molecule has 3 aromatic rings. The zero-order chi connectivity index (χ0) is 24.7. The Kier molecular flexibility index (Phi) is 5.80. The Labute approximate surface area is 206 Å². The molecule has 1 heterocycles. The quantitative estimate of drug-likeness (QED) is 0.506. The average Bonchev–Trinajstić information content (AvgIpc) is 3.42. The molecule has 1 aromatic heterocycles. The number of carbonyl (C=O) groups excluding carboxylic acids is 2. The first-order chi connectivity index (χ1) is 16.8. The van der Waals surface area contributed by atoms with Crippen molar-refractivity contribution in [2.24, 2.45) is 0 Å². The van der Waals surface area contributed by atoms with E-state index in [9.17, 15) is 19.5 Å². The van der Waals surface area contributed by atoms with Gasteiger partial charge in [0.25, 0.3) is 5.91 Å². The second-order valence-electron chi connectivity index (χ2n) is 8.96. The van der Waals surface area contributed by atoms with Crippen molar-refractivity contribution in [1.29, 1.82) is 0 Å². The molecule has 2 amide bonds. The van der Waals surface area contributed by atoms with Gasteiger partial charge < -0.3 is 20.1 Å². The van der Waals surface area contributed by atoms with E-state index in [2.05, 4.69) is 34.6 Å². The molecule has 0 bridgehead atoms. The van der Waals surface area contributed by atoms with Crippen molar-refractivity contribution in [2.75, 3.05) is 13.7 Å². The summed E-state index contributed by atoms with van der Waals surface area (Å²) in [6, 6.07) is 15.8. The van der Waals surface area contributed by atoms with Crippen LogP contribution in [0, 0.1) is 0 Å². The lowest BCUT2D eigenvalue weighted by Crippen LogP contribution is -2.44. The number of aliphatic carboxylic acids is 1. The first-order valence-corrected chi connectivity index (χ1v) is 12.3. The zero-order valence-corrected chi connectivity index (χ0v) is 20.2. The molecule has 5 rings (SSSR count). The molecule has 2 aliphatic carbocycles. The minimum atomic E-state index is -1.13. The van der Waals surface area contributed by atoms with Gasteiger partial charge in [-0.05, 0) is 42.0 Å². The Balaban J connectivity index is 1.21. The number of hydrogen-bond donors (Lipinski definition) is 2. The molecule has 0 radical (unpaired) electrons. The number of carbonyl (C=O) groups is 3. The fourth-order valence-electron chi connectivity index (χ4n) is 4.64. The van der Waals surface area contributed by atoms with Gasteiger partial charge in [0.05, 0.1) is 6.04 Å². The fourth-order valence-corrected chi connectivity index (χ4v) is 5.44. The van der Waals surface area contributed by atoms with Gasteiger partial charge in [0.2, 0.25) is 0 Å². The smallest absolute Gasteiger partial charge is 0.407 e. The number of thiazole rings is 1. The van der Waals surface area contributed by atoms with E-state index in [-0.39, 0.29) is 18.2 Å². The number of hydrogen-bond acceptors (Lipinski definition) is 6. The average molecular weight is 492 g/mol. The molecular weight excluding hydrogens is 466 g/mol. The number of benzene rings is 2. The van der Waals surface area contributed by atoms with Crippen molar-refractivity contribution in [1.82, 2.24) is 15.2 Å². The lowest BCUT2D eigenvalue weighted by Gasteiger charge is -2.23. The summed E-state index contributed by atoms with van der Waals surface area (Å²) in [6.45, 7) is 1.97. The van der Waals surface area contributed by atoms with Gasteiger partial charge >= 0.3 is 12.1 Å². The second kappa shape index (κ2) is 8.81. The van der Waals surface area contributed by atoms with E-state index >= 15 is 0 Å². The van der Waals surface area contributed by atoms with Crippen LogP contribution in [0.4, 0.5) is 4.79 Å². The molecular formula is C26H25N3O5S. The number of aromatic nitrogens is 1. The normalized spacial score (nSPS) is 16.1. The van der Waals surface area contributed by atoms with E-state index in [1.54, 1.807) is 12.3 Å². The molecule has 2 aromatic carbocycles. The van der Waals surface area contributed by atoms with Crippen molar-refractivity contribution in [2.45, 2.75) is 37.3 Å². The minimum absolute atomic E-state index is 0.0351. The third-order valence-electron chi connectivity index (χ3n) is 6.86. The largest absolute Gasteiger partial charge is 0.479 e. The molecule has 8 nitrogen and oxygen atoms in total. The number of ether oxygens (including phenoxy) is 1. The van der Waals surface area contributed by atoms with Gasteiger partial charge in [-0.15, -0.1) is 11.3 Å². The van der Waals surface area contributed by atoms with Crippen molar-refractivity contribution in [3.63, 3.8) is 0 Å². The Bertz CT molecular complexity index is 1270. The summed E-state index contributed by atoms with van der Waals surface area (Å²) in [5.41, 5.74) is 3.62. The maximum atomic E-state index is 12.7. The standard InChI is InChI=1S/C26H25N3O5S/c1-15(22-28-21(14-35-22)23(30)29(2)26(11-12-26)24(31)32)27-25(33)34-13-20-18-9-5-3-7-16(18)17-8-4-6-10-19(17)20/h3-10,14-15,20H,11-13H2,1-2H3,(H,27,33)(H,31,32). The number of rotatable bonds is 7. The summed E-state index contributed by atoms with van der Waals surface area (Å²) >= 11 is 1.23. The molecule has 2 N–H and O–H groups in total. The molecule has 2 aliphatic rings. The van der Waals surface area contributed by atoms with Gasteiger partial charge in [-0.1, -0.05) is 48.5 Å². The highest BCUT2D eigenvalue weighted by Gasteiger charge is 2.55. The summed E-state index contributed by atoms with van der Waals surface area (Å²) in [7, 11) is 1.49. The maximum Gasteiger partial charge on any atom is 0.407 e. The number of nitrogens with zero attached hydrogens (tertiary/aromatic N) is 2. The third-order valence-corrected chi connectivity index (χ3v) is 7.89. The number of nitrogens with one attached hydrogen (secondary N) is 1. The van der Waals surface area contributed by atoms with Crippen LogP contribution in [0.3, 0.4) is 0 Å². The van der Waals surface area contributed by atoms with Crippen molar-refractivity contribution in [3.05, 3.63) is 75.7 Å². The van der Waals surface area contributed by atoms with Crippen LogP contribution in [-0.2, 0) is 9.53 Å². The molecule has 1 saturated carbocycles. The van der Waals surface area contributed by atoms with Gasteiger partial charge in [-0.25, -0.2) is 14.6 Å². The minimum Gasteiger partial charge on any atom is -0.479 e. The van der Waals surface area contributed by atoms with Crippen molar-refractivity contribution >= 4 is 29.3 Å². The third kappa shape index (κ3) is 4.05. The second-order valence-corrected chi connectivity index (χ2v) is 9.85. The van der Waals surface area contributed by atoms with Crippen LogP contribution in [0.15, 0.2) is 53.9 Å². The molecule has 1 fully saturated rings. The molecule has 1 atom stereocenters. The lowest BCUT2D eigenvalue weighted by molar-refractivity contribution is -0.143. The van der Waals surface area contributed by atoms with E-state index in [1.165, 1.54) is 23.3 Å². The topological polar surface area (TPSA) is 109 Å². The van der Waals surface area contributed by atoms with Crippen LogP contribution in [0.25, 0.3) is 11.1 Å². The van der Waals surface area contributed by atoms with E-state index in [4.69, 9.17) is 4.74 Å². The first kappa shape index (κ1) is 23.0. The highest BCUT2D eigenvalue weighted by atomic mass is 32.1. The number of amides is 2. The van der Waals surface area contributed by atoms with Crippen LogP contribution in [-0.4, -0.2) is 52.2 Å². The summed E-state index contributed by atoms with van der Waals surface area (Å²) in [5, 5.41) is 14.3. The van der Waals surface area contributed by atoms with Crippen LogP contribution in [0.5, 0.6) is 0 Å². The monoisotopic (exact) mass is 491 g/mol. The summed E-state index contributed by atoms with van der Waals surface area (Å²) in [4.78, 5) is 42.4. The molecule has 0 spiro atoms. The lowest BCUT2D eigenvalue weighted by atomic mass is 9.98. The molecule has 0 saturated heterocycles. The molecule has 35 heavy (non-hydrogen) atoms. The summed E-state index contributed by atoms with van der Waals surface area (Å²) in [5.74, 6) is -1.48. The van der Waals surface area contributed by atoms with E-state index in [1.807, 2.05) is 24.3 Å². The van der Waals surface area contributed by atoms with E-state index < -0.39 is 29.6 Å². The van der Waals surface area contributed by atoms with Crippen molar-refractivity contribution < 1.29 is 24.2 Å². The van der Waals surface area contributed by atoms with Gasteiger partial charge in [0.1, 0.15) is 22.8 Å². The van der Waals surface area contributed by atoms with Crippen LogP contribution in [0.2, 0.25) is 0 Å². The summed E-state index contributed by atoms with van der Waals surface area (Å²) in [6.07, 6.45) is 0.296. The number of carboxylic acids is 1. The molecule has 1 unspecified atom stereocenters. The highest BCUT2D eigenvalue weighted by Crippen LogP contribution is 2.44. The van der Waals surface area contributed by atoms with Gasteiger partial charge in [0, 0.05) is 18.3 Å². The zero-order valence-electron chi connectivity index (χ0n) is 19.4. The Morgan fingerprint density at radius 2 is 1.74 bits per heavy atom. The Hall–Kier alpha value is -3.72. The predicted octanol–water partition coefficient (Wildman–Crippen LogP) is 4.43. The van der Waals surface area contributed by atoms with Crippen LogP contribution >= 0.6 is 11.3 Å². The fraction of sp³-hybridized carbons (Fsp3) is 0.308. The number of likely N-dealkylation sites (N-methyl/N-ethyl adjacent to an activating group) is 1.